The van der Waals surface area contributed by atoms with Gasteiger partial charge in [0.25, 0.3) is 0 Å². The van der Waals surface area contributed by atoms with E-state index in [2.05, 4.69) is 13.8 Å². The van der Waals surface area contributed by atoms with E-state index in [1.165, 1.54) is 19.3 Å². The summed E-state index contributed by atoms with van der Waals surface area (Å²) in [6, 6.07) is 0. The third-order valence-corrected chi connectivity index (χ3v) is 3.03. The van der Waals surface area contributed by atoms with E-state index in [9.17, 15) is 5.11 Å². The Balaban J connectivity index is 2.54. The first-order valence-electron chi connectivity index (χ1n) is 4.41. The Kier molecular flexibility index (Phi) is 2.35. The van der Waals surface area contributed by atoms with Gasteiger partial charge in [0.05, 0.1) is 5.60 Å². The molecular formula is C9H18O. The molecule has 2 atom stereocenters. The quantitative estimate of drug-likeness (QED) is 0.595. The highest BCUT2D eigenvalue weighted by molar-refractivity contribution is 4.85. The van der Waals surface area contributed by atoms with Crippen LogP contribution < -0.4 is 0 Å². The van der Waals surface area contributed by atoms with Crippen LogP contribution in [0.25, 0.3) is 0 Å². The van der Waals surface area contributed by atoms with Crippen molar-refractivity contribution in [1.29, 1.82) is 0 Å². The van der Waals surface area contributed by atoms with Gasteiger partial charge in [-0.15, -0.1) is 0 Å². The smallest absolute Gasteiger partial charge is 0.0670 e. The number of hydrogen-bond donors (Lipinski definition) is 1. The molecule has 1 nitrogen and oxygen atoms in total. The van der Waals surface area contributed by atoms with Gasteiger partial charge >= 0.3 is 0 Å². The molecule has 1 N–H and O–H groups in total. The molecule has 0 aromatic carbocycles. The zero-order valence-electron chi connectivity index (χ0n) is 7.06. The topological polar surface area (TPSA) is 20.2 Å². The Morgan fingerprint density at radius 1 is 1.50 bits per heavy atom. The maximum absolute atomic E-state index is 9.95. The molecule has 1 rings (SSSR count). The zero-order valence-corrected chi connectivity index (χ0v) is 7.06. The van der Waals surface area contributed by atoms with Gasteiger partial charge in [0.1, 0.15) is 0 Å². The van der Waals surface area contributed by atoms with Crippen LogP contribution in [0.15, 0.2) is 0 Å². The first-order valence-corrected chi connectivity index (χ1v) is 4.41. The Morgan fingerprint density at radius 3 is 2.60 bits per heavy atom. The zero-order chi connectivity index (χ0) is 7.61. The van der Waals surface area contributed by atoms with Crippen LogP contribution in [-0.2, 0) is 0 Å². The number of rotatable bonds is 1. The summed E-state index contributed by atoms with van der Waals surface area (Å²) in [6.45, 7) is 4.25. The van der Waals surface area contributed by atoms with Gasteiger partial charge in [0, 0.05) is 0 Å². The van der Waals surface area contributed by atoms with Gasteiger partial charge in [-0.25, -0.2) is 0 Å². The van der Waals surface area contributed by atoms with E-state index in [1.807, 2.05) is 0 Å². The summed E-state index contributed by atoms with van der Waals surface area (Å²) in [5, 5.41) is 9.95. The third kappa shape index (κ3) is 1.34. The van der Waals surface area contributed by atoms with E-state index in [0.29, 0.717) is 5.92 Å². The summed E-state index contributed by atoms with van der Waals surface area (Å²) < 4.78 is 0. The molecule has 1 heteroatoms. The first-order chi connectivity index (χ1) is 4.69. The van der Waals surface area contributed by atoms with Crippen molar-refractivity contribution in [3.8, 4) is 0 Å². The molecule has 1 saturated carbocycles. The Morgan fingerprint density at radius 2 is 2.20 bits per heavy atom. The Labute approximate surface area is 63.4 Å². The minimum Gasteiger partial charge on any atom is -0.390 e. The van der Waals surface area contributed by atoms with Crippen LogP contribution in [0.2, 0.25) is 0 Å². The van der Waals surface area contributed by atoms with Crippen molar-refractivity contribution in [2.24, 2.45) is 5.92 Å². The maximum atomic E-state index is 9.95. The van der Waals surface area contributed by atoms with Crippen molar-refractivity contribution < 1.29 is 5.11 Å². The van der Waals surface area contributed by atoms with E-state index in [1.54, 1.807) is 0 Å². The summed E-state index contributed by atoms with van der Waals surface area (Å²) in [6.07, 6.45) is 5.68. The van der Waals surface area contributed by atoms with Crippen molar-refractivity contribution >= 4 is 0 Å². The largest absolute Gasteiger partial charge is 0.390 e. The maximum Gasteiger partial charge on any atom is 0.0670 e. The third-order valence-electron chi connectivity index (χ3n) is 3.03. The molecule has 10 heavy (non-hydrogen) atoms. The molecule has 0 radical (unpaired) electrons. The lowest BCUT2D eigenvalue weighted by atomic mass is 9.75. The van der Waals surface area contributed by atoms with Gasteiger partial charge in [0.15, 0.2) is 0 Å². The summed E-state index contributed by atoms with van der Waals surface area (Å²) >= 11 is 0. The average Bonchev–Trinajstić information content (AvgIpc) is 1.96. The number of aliphatic hydroxyl groups is 1. The van der Waals surface area contributed by atoms with Gasteiger partial charge < -0.3 is 5.11 Å². The molecule has 1 aliphatic rings. The fourth-order valence-corrected chi connectivity index (χ4v) is 1.92. The highest BCUT2D eigenvalue weighted by atomic mass is 16.3. The van der Waals surface area contributed by atoms with Crippen LogP contribution in [-0.4, -0.2) is 10.7 Å². The summed E-state index contributed by atoms with van der Waals surface area (Å²) in [5.41, 5.74) is -0.321. The van der Waals surface area contributed by atoms with Gasteiger partial charge in [-0.2, -0.15) is 0 Å². The van der Waals surface area contributed by atoms with Gasteiger partial charge in [-0.05, 0) is 25.2 Å². The van der Waals surface area contributed by atoms with Crippen LogP contribution in [0, 0.1) is 5.92 Å². The molecule has 1 fully saturated rings. The van der Waals surface area contributed by atoms with Gasteiger partial charge in [-0.3, -0.25) is 0 Å². The molecule has 0 amide bonds. The van der Waals surface area contributed by atoms with E-state index in [4.69, 9.17) is 0 Å². The molecule has 0 aromatic heterocycles. The van der Waals surface area contributed by atoms with E-state index in [0.717, 1.165) is 12.8 Å². The predicted molar refractivity (Wildman–Crippen MR) is 42.9 cm³/mol. The highest BCUT2D eigenvalue weighted by Crippen LogP contribution is 2.35. The average molecular weight is 142 g/mol. The van der Waals surface area contributed by atoms with Gasteiger partial charge in [0.2, 0.25) is 0 Å². The van der Waals surface area contributed by atoms with Crippen molar-refractivity contribution in [3.05, 3.63) is 0 Å². The molecule has 0 spiro atoms. The van der Waals surface area contributed by atoms with E-state index >= 15 is 0 Å². The second kappa shape index (κ2) is 2.91. The molecule has 1 aliphatic carbocycles. The lowest BCUT2D eigenvalue weighted by molar-refractivity contribution is -0.0439. The van der Waals surface area contributed by atoms with Crippen LogP contribution in [0.4, 0.5) is 0 Å². The van der Waals surface area contributed by atoms with Crippen molar-refractivity contribution in [2.45, 2.75) is 51.6 Å². The second-order valence-electron chi connectivity index (χ2n) is 3.60. The predicted octanol–water partition coefficient (Wildman–Crippen LogP) is 2.34. The molecule has 0 unspecified atom stereocenters. The van der Waals surface area contributed by atoms with Gasteiger partial charge in [-0.1, -0.05) is 26.7 Å². The van der Waals surface area contributed by atoms with Crippen LogP contribution in [0.5, 0.6) is 0 Å². The van der Waals surface area contributed by atoms with Crippen molar-refractivity contribution in [1.82, 2.24) is 0 Å². The molecule has 0 aliphatic heterocycles. The normalized spacial score (nSPS) is 41.7. The molecular weight excluding hydrogens is 124 g/mol. The van der Waals surface area contributed by atoms with E-state index < -0.39 is 0 Å². The van der Waals surface area contributed by atoms with Crippen LogP contribution in [0.3, 0.4) is 0 Å². The molecule has 0 saturated heterocycles. The highest BCUT2D eigenvalue weighted by Gasteiger charge is 2.33. The minimum absolute atomic E-state index is 0.321. The SMILES string of the molecule is CC[C@@]1(O)CCCC[C@@H]1C. The van der Waals surface area contributed by atoms with Crippen molar-refractivity contribution in [2.75, 3.05) is 0 Å². The van der Waals surface area contributed by atoms with Crippen LogP contribution in [0.1, 0.15) is 46.0 Å². The Bertz CT molecular complexity index is 111. The molecule has 0 heterocycles. The summed E-state index contributed by atoms with van der Waals surface area (Å²) in [5.74, 6) is 0.520. The van der Waals surface area contributed by atoms with Crippen molar-refractivity contribution in [3.63, 3.8) is 0 Å². The monoisotopic (exact) mass is 142 g/mol. The Hall–Kier alpha value is -0.0400. The van der Waals surface area contributed by atoms with Crippen LogP contribution >= 0.6 is 0 Å². The lowest BCUT2D eigenvalue weighted by Crippen LogP contribution is -2.38. The molecule has 0 aromatic rings. The summed E-state index contributed by atoms with van der Waals surface area (Å²) in [7, 11) is 0. The van der Waals surface area contributed by atoms with E-state index in [-0.39, 0.29) is 5.60 Å². The fraction of sp³-hybridized carbons (Fsp3) is 1.00. The number of hydrogen-bond acceptors (Lipinski definition) is 1. The lowest BCUT2D eigenvalue weighted by Gasteiger charge is -2.37. The fourth-order valence-electron chi connectivity index (χ4n) is 1.92. The minimum atomic E-state index is -0.321. The first kappa shape index (κ1) is 8.06. The molecule has 60 valence electrons. The standard InChI is InChI=1S/C9H18O/c1-3-9(10)7-5-4-6-8(9)2/h8,10H,3-7H2,1-2H3/t8-,9+/m0/s1. The molecule has 0 bridgehead atoms. The second-order valence-corrected chi connectivity index (χ2v) is 3.60. The summed E-state index contributed by atoms with van der Waals surface area (Å²) in [4.78, 5) is 0.